The zero-order valence-electron chi connectivity index (χ0n) is 22.3. The van der Waals surface area contributed by atoms with Crippen LogP contribution >= 0.6 is 0 Å². The lowest BCUT2D eigenvalue weighted by Crippen LogP contribution is -2.30. The molecular formula is C30H37N4+. The first kappa shape index (κ1) is 24.0. The van der Waals surface area contributed by atoms with Gasteiger partial charge in [-0.05, 0) is 55.5 Å². The summed E-state index contributed by atoms with van der Waals surface area (Å²) in [6.07, 6.45) is 2.15. The van der Waals surface area contributed by atoms with Gasteiger partial charge < -0.3 is 0 Å². The van der Waals surface area contributed by atoms with Crippen molar-refractivity contribution in [3.63, 3.8) is 0 Å². The van der Waals surface area contributed by atoms with Crippen molar-refractivity contribution >= 4 is 10.8 Å². The van der Waals surface area contributed by atoms with Crippen molar-refractivity contribution in [1.29, 1.82) is 0 Å². The topological polar surface area (TPSA) is 42.6 Å². The quantitative estimate of drug-likeness (QED) is 0.317. The fourth-order valence-corrected chi connectivity index (χ4v) is 4.31. The predicted octanol–water partition coefficient (Wildman–Crippen LogP) is 6.70. The highest BCUT2D eigenvalue weighted by Gasteiger charge is 2.26. The van der Waals surface area contributed by atoms with E-state index in [0.717, 1.165) is 23.0 Å². The molecule has 2 heterocycles. The minimum Gasteiger partial charge on any atom is -0.217 e. The predicted molar refractivity (Wildman–Crippen MR) is 141 cm³/mol. The second kappa shape index (κ2) is 8.26. The fraction of sp³-hybridized carbons (Fsp3) is 0.400. The molecule has 0 saturated heterocycles. The first-order chi connectivity index (χ1) is 15.8. The second-order valence-electron chi connectivity index (χ2n) is 11.6. The third-order valence-electron chi connectivity index (χ3n) is 6.44. The molecule has 0 aliphatic carbocycles. The van der Waals surface area contributed by atoms with Crippen LogP contribution < -0.4 is 4.57 Å². The molecule has 0 aliphatic heterocycles. The van der Waals surface area contributed by atoms with E-state index in [0.29, 0.717) is 0 Å². The first-order valence-corrected chi connectivity index (χ1v) is 12.0. The Hall–Kier alpha value is -3.14. The van der Waals surface area contributed by atoms with Gasteiger partial charge in [-0.25, -0.2) is 19.5 Å². The Balaban J connectivity index is 1.95. The van der Waals surface area contributed by atoms with E-state index in [1.54, 1.807) is 0 Å². The van der Waals surface area contributed by atoms with E-state index in [-0.39, 0.29) is 10.8 Å². The smallest absolute Gasteiger partial charge is 0.217 e. The van der Waals surface area contributed by atoms with E-state index >= 15 is 0 Å². The Labute approximate surface area is 204 Å². The van der Waals surface area contributed by atoms with Crippen LogP contribution in [-0.4, -0.2) is 15.0 Å². The number of fused-ring (bicyclic) bond motifs is 1. The summed E-state index contributed by atoms with van der Waals surface area (Å²) < 4.78 is 2.22. The summed E-state index contributed by atoms with van der Waals surface area (Å²) in [7, 11) is 2.12. The number of rotatable bonds is 2. The number of pyridine rings is 1. The molecule has 0 spiro atoms. The van der Waals surface area contributed by atoms with Gasteiger partial charge in [-0.15, -0.1) is 0 Å². The van der Waals surface area contributed by atoms with Crippen LogP contribution in [-0.2, 0) is 17.9 Å². The molecule has 0 amide bonds. The van der Waals surface area contributed by atoms with Crippen LogP contribution in [0, 0.1) is 20.8 Å². The molecule has 0 N–H and O–H groups in total. The molecule has 0 saturated carbocycles. The van der Waals surface area contributed by atoms with E-state index < -0.39 is 0 Å². The summed E-state index contributed by atoms with van der Waals surface area (Å²) >= 11 is 0. The number of hydrogen-bond acceptors (Lipinski definition) is 3. The SMILES string of the molecule is Cc1cc(C)c(C)c(-c2c3ccc(-c4nc(C(C)(C)C)nc(C(C)(C)C)n4)cc3cc[n+]2C)c1. The van der Waals surface area contributed by atoms with Crippen molar-refractivity contribution in [2.75, 3.05) is 0 Å². The third-order valence-corrected chi connectivity index (χ3v) is 6.44. The van der Waals surface area contributed by atoms with E-state index in [2.05, 4.69) is 117 Å². The Morgan fingerprint density at radius 1 is 0.735 bits per heavy atom. The summed E-state index contributed by atoms with van der Waals surface area (Å²) in [5.74, 6) is 2.39. The monoisotopic (exact) mass is 453 g/mol. The van der Waals surface area contributed by atoms with Gasteiger partial charge >= 0.3 is 0 Å². The van der Waals surface area contributed by atoms with Crippen molar-refractivity contribution in [2.45, 2.75) is 73.1 Å². The van der Waals surface area contributed by atoms with Gasteiger partial charge in [-0.3, -0.25) is 0 Å². The molecule has 176 valence electrons. The minimum absolute atomic E-state index is 0.157. The van der Waals surface area contributed by atoms with Gasteiger partial charge in [-0.2, -0.15) is 0 Å². The molecule has 4 nitrogen and oxygen atoms in total. The largest absolute Gasteiger partial charge is 0.220 e. The van der Waals surface area contributed by atoms with Crippen LogP contribution in [0.5, 0.6) is 0 Å². The molecule has 2 aromatic heterocycles. The number of benzene rings is 2. The molecule has 4 rings (SSSR count). The fourth-order valence-electron chi connectivity index (χ4n) is 4.31. The molecule has 2 aromatic carbocycles. The summed E-state index contributed by atoms with van der Waals surface area (Å²) in [5, 5.41) is 2.40. The second-order valence-corrected chi connectivity index (χ2v) is 11.6. The molecule has 0 radical (unpaired) electrons. The lowest BCUT2D eigenvalue weighted by atomic mass is 9.92. The standard InChI is InChI=1S/C30H37N4/c1-18-15-19(2)20(3)24(16-18)25-23-12-11-22(17-21(23)13-14-34(25)10)26-31-27(29(4,5)6)33-28(32-26)30(7,8)9/h11-17H,1-10H3/q+1. The summed E-state index contributed by atoms with van der Waals surface area (Å²) in [5.41, 5.74) is 7.13. The Morgan fingerprint density at radius 2 is 1.35 bits per heavy atom. The average Bonchev–Trinajstić information content (AvgIpc) is 2.74. The van der Waals surface area contributed by atoms with E-state index in [4.69, 9.17) is 15.0 Å². The maximum absolute atomic E-state index is 4.90. The van der Waals surface area contributed by atoms with Crippen molar-refractivity contribution in [2.24, 2.45) is 7.05 Å². The molecule has 0 fully saturated rings. The van der Waals surface area contributed by atoms with Crippen molar-refractivity contribution in [3.8, 4) is 22.6 Å². The Kier molecular flexibility index (Phi) is 5.83. The maximum Gasteiger partial charge on any atom is 0.220 e. The number of nitrogens with zero attached hydrogens (tertiary/aromatic N) is 4. The van der Waals surface area contributed by atoms with Gasteiger partial charge in [0, 0.05) is 22.5 Å². The highest BCUT2D eigenvalue weighted by molar-refractivity contribution is 5.95. The highest BCUT2D eigenvalue weighted by Crippen LogP contribution is 2.33. The number of hydrogen-bond donors (Lipinski definition) is 0. The average molecular weight is 454 g/mol. The van der Waals surface area contributed by atoms with E-state index in [9.17, 15) is 0 Å². The maximum atomic E-state index is 4.90. The lowest BCUT2D eigenvalue weighted by molar-refractivity contribution is -0.659. The van der Waals surface area contributed by atoms with E-state index in [1.165, 1.54) is 38.7 Å². The molecule has 0 aliphatic rings. The molecule has 4 aromatic rings. The molecule has 0 atom stereocenters. The van der Waals surface area contributed by atoms with Crippen LogP contribution in [0.4, 0.5) is 0 Å². The number of aryl methyl sites for hydroxylation is 3. The van der Waals surface area contributed by atoms with Gasteiger partial charge in [0.05, 0.1) is 10.9 Å². The summed E-state index contributed by atoms with van der Waals surface area (Å²) in [6.45, 7) is 19.5. The van der Waals surface area contributed by atoms with Crippen molar-refractivity contribution < 1.29 is 4.57 Å². The van der Waals surface area contributed by atoms with Crippen molar-refractivity contribution in [1.82, 2.24) is 15.0 Å². The van der Waals surface area contributed by atoms with Gasteiger partial charge in [0.2, 0.25) is 5.69 Å². The molecule has 34 heavy (non-hydrogen) atoms. The lowest BCUT2D eigenvalue weighted by Gasteiger charge is -2.22. The zero-order valence-corrected chi connectivity index (χ0v) is 22.3. The molecular weight excluding hydrogens is 416 g/mol. The van der Waals surface area contributed by atoms with Crippen LogP contribution in [0.25, 0.3) is 33.4 Å². The van der Waals surface area contributed by atoms with Crippen molar-refractivity contribution in [3.05, 3.63) is 70.9 Å². The molecule has 0 bridgehead atoms. The van der Waals surface area contributed by atoms with Gasteiger partial charge in [0.1, 0.15) is 18.7 Å². The minimum atomic E-state index is -0.157. The third kappa shape index (κ3) is 4.46. The Morgan fingerprint density at radius 3 is 1.94 bits per heavy atom. The molecule has 4 heteroatoms. The Bertz CT molecular complexity index is 1370. The van der Waals surface area contributed by atoms with Crippen LogP contribution in [0.15, 0.2) is 42.6 Å². The van der Waals surface area contributed by atoms with E-state index in [1.807, 2.05) is 0 Å². The summed E-state index contributed by atoms with van der Waals surface area (Å²) in [4.78, 5) is 14.6. The first-order valence-electron chi connectivity index (χ1n) is 12.0. The normalized spacial score (nSPS) is 12.4. The zero-order chi connectivity index (χ0) is 25.0. The van der Waals surface area contributed by atoms with Gasteiger partial charge in [0.15, 0.2) is 12.0 Å². The molecule has 0 unspecified atom stereocenters. The number of aromatic nitrogens is 4. The van der Waals surface area contributed by atoms with Crippen LogP contribution in [0.2, 0.25) is 0 Å². The van der Waals surface area contributed by atoms with Crippen LogP contribution in [0.1, 0.15) is 69.9 Å². The van der Waals surface area contributed by atoms with Gasteiger partial charge in [-0.1, -0.05) is 59.2 Å². The highest BCUT2D eigenvalue weighted by atomic mass is 15.1. The van der Waals surface area contributed by atoms with Crippen LogP contribution in [0.3, 0.4) is 0 Å². The van der Waals surface area contributed by atoms with Gasteiger partial charge in [0.25, 0.3) is 0 Å². The summed E-state index contributed by atoms with van der Waals surface area (Å²) in [6, 6.07) is 13.3.